The summed E-state index contributed by atoms with van der Waals surface area (Å²) in [4.78, 5) is 29.0. The van der Waals surface area contributed by atoms with E-state index in [1.807, 2.05) is 37.3 Å². The monoisotopic (exact) mass is 420 g/mol. The average Bonchev–Trinajstić information content (AvgIpc) is 3.02. The van der Waals surface area contributed by atoms with Crippen molar-refractivity contribution in [2.45, 2.75) is 19.4 Å². The fraction of sp³-hybridized carbons (Fsp3) is 0.167. The number of nitrogens with zero attached hydrogens (tertiary/aromatic N) is 2. The highest BCUT2D eigenvalue weighted by Crippen LogP contribution is 2.36. The Hall–Kier alpha value is -3.31. The Balaban J connectivity index is 1.63. The third-order valence-electron chi connectivity index (χ3n) is 4.92. The molecule has 6 heteroatoms. The summed E-state index contributed by atoms with van der Waals surface area (Å²) in [7, 11) is 0. The molecule has 0 spiro atoms. The van der Waals surface area contributed by atoms with E-state index in [1.165, 1.54) is 4.90 Å². The molecule has 0 unspecified atom stereocenters. The Bertz CT molecular complexity index is 1040. The molecule has 4 rings (SSSR count). The van der Waals surface area contributed by atoms with Crippen LogP contribution in [0.3, 0.4) is 0 Å². The predicted molar refractivity (Wildman–Crippen MR) is 117 cm³/mol. The van der Waals surface area contributed by atoms with Crippen LogP contribution in [0.15, 0.2) is 78.9 Å². The molecule has 0 bridgehead atoms. The fourth-order valence-electron chi connectivity index (χ4n) is 3.52. The van der Waals surface area contributed by atoms with Crippen LogP contribution in [0.1, 0.15) is 24.9 Å². The second-order valence-corrected chi connectivity index (χ2v) is 7.44. The van der Waals surface area contributed by atoms with Gasteiger partial charge in [-0.3, -0.25) is 14.6 Å². The SMILES string of the molecule is CCCN1C(=O)[C@H](c2ccccc2)N(c2ccc(Oc3ccc(Cl)cc3)cc2)C1=O. The number of rotatable bonds is 6. The highest BCUT2D eigenvalue weighted by molar-refractivity contribution is 6.30. The van der Waals surface area contributed by atoms with E-state index in [1.54, 1.807) is 53.4 Å². The molecule has 3 amide bonds. The van der Waals surface area contributed by atoms with Crippen LogP contribution in [-0.4, -0.2) is 23.4 Å². The molecule has 152 valence electrons. The van der Waals surface area contributed by atoms with Crippen molar-refractivity contribution in [3.05, 3.63) is 89.4 Å². The third kappa shape index (κ3) is 3.89. The second kappa shape index (κ2) is 8.59. The topological polar surface area (TPSA) is 49.9 Å². The Labute approximate surface area is 180 Å². The van der Waals surface area contributed by atoms with Gasteiger partial charge in [-0.15, -0.1) is 0 Å². The van der Waals surface area contributed by atoms with Crippen LogP contribution >= 0.6 is 11.6 Å². The van der Waals surface area contributed by atoms with Crippen LogP contribution in [0, 0.1) is 0 Å². The minimum atomic E-state index is -0.673. The number of imide groups is 1. The molecule has 30 heavy (non-hydrogen) atoms. The van der Waals surface area contributed by atoms with Crippen LogP contribution in [0.5, 0.6) is 11.5 Å². The summed E-state index contributed by atoms with van der Waals surface area (Å²) in [5, 5.41) is 0.637. The van der Waals surface area contributed by atoms with Gasteiger partial charge in [0, 0.05) is 17.3 Å². The molecule has 0 aliphatic carbocycles. The Morgan fingerprint density at radius 3 is 2.07 bits per heavy atom. The van der Waals surface area contributed by atoms with Gasteiger partial charge < -0.3 is 4.74 Å². The Morgan fingerprint density at radius 2 is 1.47 bits per heavy atom. The lowest BCUT2D eigenvalue weighted by molar-refractivity contribution is -0.127. The quantitative estimate of drug-likeness (QED) is 0.456. The molecule has 5 nitrogen and oxygen atoms in total. The van der Waals surface area contributed by atoms with Gasteiger partial charge in [0.25, 0.3) is 5.91 Å². The maximum atomic E-state index is 13.1. The number of ether oxygens (including phenoxy) is 1. The number of amides is 3. The number of carbonyl (C=O) groups is 2. The van der Waals surface area contributed by atoms with Gasteiger partial charge in [0.1, 0.15) is 17.5 Å². The van der Waals surface area contributed by atoms with Crippen molar-refractivity contribution >= 4 is 29.2 Å². The van der Waals surface area contributed by atoms with Crippen molar-refractivity contribution in [3.63, 3.8) is 0 Å². The molecule has 1 saturated heterocycles. The zero-order valence-electron chi connectivity index (χ0n) is 16.5. The van der Waals surface area contributed by atoms with Gasteiger partial charge in [-0.25, -0.2) is 4.79 Å². The van der Waals surface area contributed by atoms with E-state index in [0.29, 0.717) is 35.2 Å². The minimum absolute atomic E-state index is 0.199. The predicted octanol–water partition coefficient (Wildman–Crippen LogP) is 6.05. The number of urea groups is 1. The first-order valence-electron chi connectivity index (χ1n) is 9.81. The van der Waals surface area contributed by atoms with Gasteiger partial charge in [-0.1, -0.05) is 48.9 Å². The van der Waals surface area contributed by atoms with E-state index in [4.69, 9.17) is 16.3 Å². The first-order valence-corrected chi connectivity index (χ1v) is 10.2. The lowest BCUT2D eigenvalue weighted by Crippen LogP contribution is -2.33. The summed E-state index contributed by atoms with van der Waals surface area (Å²) in [6.07, 6.45) is 0.709. The molecule has 1 heterocycles. The van der Waals surface area contributed by atoms with E-state index in [9.17, 15) is 9.59 Å². The van der Waals surface area contributed by atoms with Crippen LogP contribution in [0.2, 0.25) is 5.02 Å². The Morgan fingerprint density at radius 1 is 0.867 bits per heavy atom. The van der Waals surface area contributed by atoms with Crippen molar-refractivity contribution in [3.8, 4) is 11.5 Å². The van der Waals surface area contributed by atoms with Gasteiger partial charge in [0.05, 0.1) is 0 Å². The number of benzene rings is 3. The molecule has 0 aromatic heterocycles. The Kier molecular flexibility index (Phi) is 5.72. The number of hydrogen-bond acceptors (Lipinski definition) is 3. The lowest BCUT2D eigenvalue weighted by atomic mass is 10.1. The van der Waals surface area contributed by atoms with Gasteiger partial charge in [0.2, 0.25) is 0 Å². The summed E-state index contributed by atoms with van der Waals surface area (Å²) in [6.45, 7) is 2.35. The van der Waals surface area contributed by atoms with E-state index >= 15 is 0 Å². The molecule has 3 aromatic rings. The molecule has 3 aromatic carbocycles. The summed E-state index contributed by atoms with van der Waals surface area (Å²) >= 11 is 5.91. The molecule has 0 N–H and O–H groups in total. The van der Waals surface area contributed by atoms with Crippen LogP contribution < -0.4 is 9.64 Å². The molecule has 0 saturated carbocycles. The van der Waals surface area contributed by atoms with Gasteiger partial charge >= 0.3 is 6.03 Å². The van der Waals surface area contributed by atoms with Gasteiger partial charge in [-0.05, 0) is 60.5 Å². The fourth-order valence-corrected chi connectivity index (χ4v) is 3.65. The van der Waals surface area contributed by atoms with E-state index in [-0.39, 0.29) is 11.9 Å². The summed E-state index contributed by atoms with van der Waals surface area (Å²) in [6, 6.07) is 22.6. The van der Waals surface area contributed by atoms with Crippen molar-refractivity contribution in [2.75, 3.05) is 11.4 Å². The molecule has 1 aliphatic heterocycles. The first-order chi connectivity index (χ1) is 14.6. The number of anilines is 1. The normalized spacial score (nSPS) is 16.3. The number of halogens is 1. The minimum Gasteiger partial charge on any atom is -0.457 e. The zero-order valence-corrected chi connectivity index (χ0v) is 17.3. The second-order valence-electron chi connectivity index (χ2n) is 7.01. The molecule has 1 atom stereocenters. The van der Waals surface area contributed by atoms with Crippen LogP contribution in [-0.2, 0) is 4.79 Å². The van der Waals surface area contributed by atoms with Crippen LogP contribution in [0.4, 0.5) is 10.5 Å². The number of hydrogen-bond donors (Lipinski definition) is 0. The van der Waals surface area contributed by atoms with Crippen molar-refractivity contribution < 1.29 is 14.3 Å². The molecule has 0 radical (unpaired) electrons. The smallest absolute Gasteiger partial charge is 0.332 e. The maximum Gasteiger partial charge on any atom is 0.332 e. The van der Waals surface area contributed by atoms with Crippen molar-refractivity contribution in [2.24, 2.45) is 0 Å². The highest BCUT2D eigenvalue weighted by Gasteiger charge is 2.46. The van der Waals surface area contributed by atoms with E-state index in [2.05, 4.69) is 0 Å². The molecule has 1 fully saturated rings. The summed E-state index contributed by atoms with van der Waals surface area (Å²) < 4.78 is 5.83. The van der Waals surface area contributed by atoms with E-state index < -0.39 is 6.04 Å². The third-order valence-corrected chi connectivity index (χ3v) is 5.17. The lowest BCUT2D eigenvalue weighted by Gasteiger charge is -2.22. The summed E-state index contributed by atoms with van der Waals surface area (Å²) in [5.41, 5.74) is 1.43. The number of carbonyl (C=O) groups excluding carboxylic acids is 2. The maximum absolute atomic E-state index is 13.1. The molecular weight excluding hydrogens is 400 g/mol. The highest BCUT2D eigenvalue weighted by atomic mass is 35.5. The summed E-state index contributed by atoms with van der Waals surface area (Å²) in [5.74, 6) is 1.09. The van der Waals surface area contributed by atoms with Crippen LogP contribution in [0.25, 0.3) is 0 Å². The molecule has 1 aliphatic rings. The van der Waals surface area contributed by atoms with E-state index in [0.717, 1.165) is 5.56 Å². The standard InChI is InChI=1S/C24H21ClN2O3/c1-2-16-26-23(28)22(17-6-4-3-5-7-17)27(24(26)29)19-10-14-21(15-11-19)30-20-12-8-18(25)9-13-20/h3-15,22H,2,16H2,1H3/t22-/m0/s1. The molecular formula is C24H21ClN2O3. The average molecular weight is 421 g/mol. The zero-order chi connectivity index (χ0) is 21.1. The van der Waals surface area contributed by atoms with Gasteiger partial charge in [-0.2, -0.15) is 0 Å². The first kappa shape index (κ1) is 20.0. The van der Waals surface area contributed by atoms with Crippen molar-refractivity contribution in [1.82, 2.24) is 4.90 Å². The van der Waals surface area contributed by atoms with Crippen molar-refractivity contribution in [1.29, 1.82) is 0 Å². The largest absolute Gasteiger partial charge is 0.457 e. The van der Waals surface area contributed by atoms with Gasteiger partial charge in [0.15, 0.2) is 0 Å².